The summed E-state index contributed by atoms with van der Waals surface area (Å²) in [7, 11) is 0. The zero-order chi connectivity index (χ0) is 13.2. The summed E-state index contributed by atoms with van der Waals surface area (Å²) in [5, 5.41) is 3.95. The van der Waals surface area contributed by atoms with Gasteiger partial charge in [-0.25, -0.2) is 4.39 Å². The van der Waals surface area contributed by atoms with E-state index >= 15 is 0 Å². The van der Waals surface area contributed by atoms with Crippen molar-refractivity contribution in [1.82, 2.24) is 5.32 Å². The lowest BCUT2D eigenvalue weighted by Crippen LogP contribution is -2.38. The average molecular weight is 278 g/mol. The van der Waals surface area contributed by atoms with Crippen LogP contribution in [0, 0.1) is 5.82 Å². The largest absolute Gasteiger partial charge is 0.311 e. The number of halogens is 3. The van der Waals surface area contributed by atoms with E-state index in [2.05, 4.69) is 26.1 Å². The predicted octanol–water partition coefficient (Wildman–Crippen LogP) is 4.62. The first kappa shape index (κ1) is 14.7. The molecule has 0 spiro atoms. The summed E-state index contributed by atoms with van der Waals surface area (Å²) in [4.78, 5) is 0. The van der Waals surface area contributed by atoms with E-state index in [9.17, 15) is 4.39 Å². The van der Waals surface area contributed by atoms with E-state index in [1.807, 2.05) is 6.92 Å². The molecule has 0 aliphatic heterocycles. The van der Waals surface area contributed by atoms with Gasteiger partial charge in [0.25, 0.3) is 0 Å². The molecule has 0 aliphatic rings. The van der Waals surface area contributed by atoms with Crippen LogP contribution < -0.4 is 5.32 Å². The summed E-state index contributed by atoms with van der Waals surface area (Å²) in [6.07, 6.45) is 0. The quantitative estimate of drug-likeness (QED) is 0.795. The van der Waals surface area contributed by atoms with Gasteiger partial charge in [-0.2, -0.15) is 0 Å². The highest BCUT2D eigenvalue weighted by Gasteiger charge is 2.16. The minimum Gasteiger partial charge on any atom is -0.311 e. The second-order valence-corrected chi connectivity index (χ2v) is 6.13. The van der Waals surface area contributed by atoms with Crippen LogP contribution in [-0.4, -0.2) is 12.1 Å². The molecule has 0 heterocycles. The van der Waals surface area contributed by atoms with Crippen LogP contribution in [0.2, 0.25) is 10.0 Å². The van der Waals surface area contributed by atoms with E-state index in [0.717, 1.165) is 12.1 Å². The fraction of sp³-hybridized carbons (Fsp3) is 0.538. The molecule has 1 rings (SSSR count). The van der Waals surface area contributed by atoms with E-state index < -0.39 is 5.82 Å². The molecule has 1 atom stereocenters. The molecule has 0 radical (unpaired) electrons. The molecular weight excluding hydrogens is 260 g/mol. The smallest absolute Gasteiger partial charge is 0.142 e. The lowest BCUT2D eigenvalue weighted by Gasteiger charge is -2.24. The third-order valence-electron chi connectivity index (χ3n) is 2.51. The average Bonchev–Trinajstić information content (AvgIpc) is 2.19. The van der Waals surface area contributed by atoms with Gasteiger partial charge in [0.05, 0.1) is 5.02 Å². The van der Waals surface area contributed by atoms with E-state index in [4.69, 9.17) is 23.2 Å². The van der Waals surface area contributed by atoms with Gasteiger partial charge in [-0.05, 0) is 44.4 Å². The fourth-order valence-electron chi connectivity index (χ4n) is 1.48. The van der Waals surface area contributed by atoms with Crippen molar-refractivity contribution < 1.29 is 4.39 Å². The Labute approximate surface area is 112 Å². The Morgan fingerprint density at radius 3 is 2.35 bits per heavy atom. The van der Waals surface area contributed by atoms with Crippen LogP contribution in [0.25, 0.3) is 0 Å². The monoisotopic (exact) mass is 277 g/mol. The van der Waals surface area contributed by atoms with Crippen molar-refractivity contribution in [3.63, 3.8) is 0 Å². The highest BCUT2D eigenvalue weighted by molar-refractivity contribution is 6.35. The van der Waals surface area contributed by atoms with Crippen molar-refractivity contribution in [2.24, 2.45) is 0 Å². The zero-order valence-electron chi connectivity index (χ0n) is 10.6. The molecule has 4 heteroatoms. The minimum atomic E-state index is -0.423. The van der Waals surface area contributed by atoms with Gasteiger partial charge in [0.15, 0.2) is 0 Å². The maximum atomic E-state index is 13.4. The van der Waals surface area contributed by atoms with E-state index in [0.29, 0.717) is 5.02 Å². The number of benzene rings is 1. The standard InChI is InChI=1S/C13H18Cl2FN/c1-8(7-17-13(2,3)4)9-5-12(16)11(15)6-10(9)14/h5-6,8,17H,7H2,1-4H3. The third-order valence-corrected chi connectivity index (χ3v) is 3.13. The normalized spacial score (nSPS) is 13.8. The highest BCUT2D eigenvalue weighted by atomic mass is 35.5. The van der Waals surface area contributed by atoms with Gasteiger partial charge in [0.2, 0.25) is 0 Å². The van der Waals surface area contributed by atoms with Crippen molar-refractivity contribution in [1.29, 1.82) is 0 Å². The molecule has 0 saturated heterocycles. The molecule has 1 unspecified atom stereocenters. The van der Waals surface area contributed by atoms with Crippen LogP contribution in [0.5, 0.6) is 0 Å². The minimum absolute atomic E-state index is 0.0334. The van der Waals surface area contributed by atoms with Gasteiger partial charge < -0.3 is 5.32 Å². The van der Waals surface area contributed by atoms with Gasteiger partial charge in [0.1, 0.15) is 5.82 Å². The van der Waals surface area contributed by atoms with Crippen molar-refractivity contribution in [2.45, 2.75) is 39.2 Å². The Bertz CT molecular complexity index is 399. The first-order chi connectivity index (χ1) is 7.70. The predicted molar refractivity (Wildman–Crippen MR) is 72.6 cm³/mol. The summed E-state index contributed by atoms with van der Waals surface area (Å²) in [6, 6.07) is 2.88. The molecule has 17 heavy (non-hydrogen) atoms. The molecule has 0 aromatic heterocycles. The van der Waals surface area contributed by atoms with Crippen molar-refractivity contribution in [2.75, 3.05) is 6.54 Å². The Kier molecular flexibility index (Phi) is 4.82. The summed E-state index contributed by atoms with van der Waals surface area (Å²) < 4.78 is 13.4. The molecule has 1 nitrogen and oxygen atoms in total. The first-order valence-electron chi connectivity index (χ1n) is 5.60. The third kappa shape index (κ3) is 4.46. The number of nitrogens with one attached hydrogen (secondary N) is 1. The molecule has 0 bridgehead atoms. The molecule has 0 fully saturated rings. The number of rotatable bonds is 3. The van der Waals surface area contributed by atoms with Crippen LogP contribution in [0.3, 0.4) is 0 Å². The first-order valence-corrected chi connectivity index (χ1v) is 6.36. The maximum Gasteiger partial charge on any atom is 0.142 e. The molecular formula is C13H18Cl2FN. The van der Waals surface area contributed by atoms with Gasteiger partial charge in [0, 0.05) is 17.1 Å². The lowest BCUT2D eigenvalue weighted by molar-refractivity contribution is 0.412. The molecule has 0 amide bonds. The van der Waals surface area contributed by atoms with E-state index in [1.54, 1.807) is 0 Å². The summed E-state index contributed by atoms with van der Waals surface area (Å²) in [5.41, 5.74) is 0.816. The second kappa shape index (κ2) is 5.55. The van der Waals surface area contributed by atoms with Crippen LogP contribution in [0.1, 0.15) is 39.2 Å². The molecule has 1 aromatic rings. The van der Waals surface area contributed by atoms with Crippen LogP contribution >= 0.6 is 23.2 Å². The van der Waals surface area contributed by atoms with E-state index in [1.165, 1.54) is 12.1 Å². The zero-order valence-corrected chi connectivity index (χ0v) is 12.1. The summed E-state index contributed by atoms with van der Waals surface area (Å²) in [5.74, 6) is -0.290. The van der Waals surface area contributed by atoms with E-state index in [-0.39, 0.29) is 16.5 Å². The lowest BCUT2D eigenvalue weighted by atomic mass is 9.99. The highest BCUT2D eigenvalue weighted by Crippen LogP contribution is 2.29. The number of hydrogen-bond acceptors (Lipinski definition) is 1. The Hall–Kier alpha value is -0.310. The SMILES string of the molecule is CC(CNC(C)(C)C)c1cc(F)c(Cl)cc1Cl. The number of hydrogen-bond donors (Lipinski definition) is 1. The van der Waals surface area contributed by atoms with Crippen molar-refractivity contribution in [3.8, 4) is 0 Å². The Morgan fingerprint density at radius 2 is 1.82 bits per heavy atom. The van der Waals surface area contributed by atoms with Gasteiger partial charge in [-0.15, -0.1) is 0 Å². The van der Waals surface area contributed by atoms with Crippen molar-refractivity contribution in [3.05, 3.63) is 33.6 Å². The van der Waals surface area contributed by atoms with Crippen molar-refractivity contribution >= 4 is 23.2 Å². The molecule has 0 aliphatic carbocycles. The van der Waals surface area contributed by atoms with Gasteiger partial charge >= 0.3 is 0 Å². The molecule has 96 valence electrons. The van der Waals surface area contributed by atoms with Gasteiger partial charge in [-0.1, -0.05) is 30.1 Å². The topological polar surface area (TPSA) is 12.0 Å². The van der Waals surface area contributed by atoms with Crippen LogP contribution in [0.15, 0.2) is 12.1 Å². The second-order valence-electron chi connectivity index (χ2n) is 5.32. The molecule has 1 aromatic carbocycles. The van der Waals surface area contributed by atoms with Gasteiger partial charge in [-0.3, -0.25) is 0 Å². The summed E-state index contributed by atoms with van der Waals surface area (Å²) in [6.45, 7) is 9.01. The van der Waals surface area contributed by atoms with Crippen LogP contribution in [0.4, 0.5) is 4.39 Å². The maximum absolute atomic E-state index is 13.4. The Morgan fingerprint density at radius 1 is 1.24 bits per heavy atom. The van der Waals surface area contributed by atoms with Crippen LogP contribution in [-0.2, 0) is 0 Å². The Balaban J connectivity index is 2.82. The fourth-order valence-corrected chi connectivity index (χ4v) is 2.05. The molecule has 0 saturated carbocycles. The molecule has 1 N–H and O–H groups in total. The summed E-state index contributed by atoms with van der Waals surface area (Å²) >= 11 is 11.7.